The molecule has 0 unspecified atom stereocenters. The number of hydrogen-bond donors (Lipinski definition) is 2. The molecule has 3 nitrogen and oxygen atoms in total. The second-order valence-corrected chi connectivity index (χ2v) is 3.96. The number of anilines is 1. The topological polar surface area (TPSA) is 54.7 Å². The molecule has 0 aliphatic carbocycles. The lowest BCUT2D eigenvalue weighted by Gasteiger charge is -2.00. The van der Waals surface area contributed by atoms with Crippen LogP contribution in [0, 0.1) is 11.6 Å². The summed E-state index contributed by atoms with van der Waals surface area (Å²) in [4.78, 5) is 7.13. The lowest BCUT2D eigenvalue weighted by atomic mass is 10.2. The van der Waals surface area contributed by atoms with E-state index in [9.17, 15) is 8.78 Å². The van der Waals surface area contributed by atoms with E-state index in [-0.39, 0.29) is 0 Å². The van der Waals surface area contributed by atoms with Crippen molar-refractivity contribution in [2.45, 2.75) is 0 Å². The summed E-state index contributed by atoms with van der Waals surface area (Å²) >= 11 is 0. The van der Waals surface area contributed by atoms with Crippen LogP contribution in [0.4, 0.5) is 14.5 Å². The molecule has 90 valence electrons. The van der Waals surface area contributed by atoms with Gasteiger partial charge in [0.25, 0.3) is 0 Å². The summed E-state index contributed by atoms with van der Waals surface area (Å²) in [6.45, 7) is 0. The number of hydrogen-bond acceptors (Lipinski definition) is 2. The molecule has 2 aromatic carbocycles. The maximum absolute atomic E-state index is 13.1. The van der Waals surface area contributed by atoms with E-state index >= 15 is 0 Å². The molecule has 0 fully saturated rings. The maximum Gasteiger partial charge on any atom is 0.161 e. The zero-order valence-electron chi connectivity index (χ0n) is 9.24. The normalized spacial score (nSPS) is 11.0. The van der Waals surface area contributed by atoms with E-state index in [0.717, 1.165) is 12.1 Å². The van der Waals surface area contributed by atoms with Crippen LogP contribution < -0.4 is 5.73 Å². The lowest BCUT2D eigenvalue weighted by molar-refractivity contribution is 0.510. The molecular weight excluding hydrogens is 236 g/mol. The molecule has 0 amide bonds. The number of nitrogens with two attached hydrogens (primary N) is 1. The van der Waals surface area contributed by atoms with E-state index in [2.05, 4.69) is 9.97 Å². The first kappa shape index (κ1) is 10.7. The first-order valence-electron chi connectivity index (χ1n) is 5.35. The Kier molecular flexibility index (Phi) is 2.26. The van der Waals surface area contributed by atoms with Gasteiger partial charge in [-0.05, 0) is 12.1 Å². The van der Waals surface area contributed by atoms with Crippen molar-refractivity contribution < 1.29 is 8.78 Å². The minimum atomic E-state index is -0.915. The smallest absolute Gasteiger partial charge is 0.161 e. The minimum Gasteiger partial charge on any atom is -0.398 e. The Morgan fingerprint density at radius 3 is 2.56 bits per heavy atom. The summed E-state index contributed by atoms with van der Waals surface area (Å²) in [7, 11) is 0. The minimum absolute atomic E-state index is 0.368. The van der Waals surface area contributed by atoms with Gasteiger partial charge in [-0.15, -0.1) is 0 Å². The standard InChI is InChI=1S/C13H9F2N3/c14-8-5-11-12(6-9(8)15)18-13(17-11)7-3-1-2-4-10(7)16/h1-6H,16H2,(H,17,18). The molecule has 0 spiro atoms. The first-order valence-corrected chi connectivity index (χ1v) is 5.35. The maximum atomic E-state index is 13.1. The van der Waals surface area contributed by atoms with Gasteiger partial charge in [0.15, 0.2) is 11.6 Å². The fourth-order valence-corrected chi connectivity index (χ4v) is 1.85. The van der Waals surface area contributed by atoms with Crippen molar-refractivity contribution >= 4 is 16.7 Å². The van der Waals surface area contributed by atoms with Crippen LogP contribution in [0.2, 0.25) is 0 Å². The lowest BCUT2D eigenvalue weighted by Crippen LogP contribution is -1.90. The van der Waals surface area contributed by atoms with E-state index in [1.165, 1.54) is 0 Å². The van der Waals surface area contributed by atoms with Crippen molar-refractivity contribution in [1.82, 2.24) is 9.97 Å². The van der Waals surface area contributed by atoms with Crippen molar-refractivity contribution in [3.05, 3.63) is 48.0 Å². The van der Waals surface area contributed by atoms with Crippen LogP contribution in [0.5, 0.6) is 0 Å². The molecule has 0 bridgehead atoms. The van der Waals surface area contributed by atoms with E-state index in [1.807, 2.05) is 6.07 Å². The third-order valence-electron chi connectivity index (χ3n) is 2.74. The van der Waals surface area contributed by atoms with Crippen molar-refractivity contribution in [2.24, 2.45) is 0 Å². The predicted molar refractivity (Wildman–Crippen MR) is 65.9 cm³/mol. The fraction of sp³-hybridized carbons (Fsp3) is 0. The van der Waals surface area contributed by atoms with Crippen LogP contribution in [0.3, 0.4) is 0 Å². The van der Waals surface area contributed by atoms with Gasteiger partial charge in [-0.1, -0.05) is 12.1 Å². The summed E-state index contributed by atoms with van der Waals surface area (Å²) < 4.78 is 26.2. The molecule has 3 aromatic rings. The zero-order chi connectivity index (χ0) is 12.7. The van der Waals surface area contributed by atoms with Crippen LogP contribution in [0.1, 0.15) is 0 Å². The molecule has 3 rings (SSSR count). The molecule has 18 heavy (non-hydrogen) atoms. The third kappa shape index (κ3) is 1.60. The third-order valence-corrected chi connectivity index (χ3v) is 2.74. The highest BCUT2D eigenvalue weighted by molar-refractivity contribution is 5.82. The quantitative estimate of drug-likeness (QED) is 0.647. The highest BCUT2D eigenvalue weighted by Crippen LogP contribution is 2.26. The Labute approximate surface area is 101 Å². The number of fused-ring (bicyclic) bond motifs is 1. The zero-order valence-corrected chi connectivity index (χ0v) is 9.24. The van der Waals surface area contributed by atoms with E-state index in [0.29, 0.717) is 28.1 Å². The van der Waals surface area contributed by atoms with Gasteiger partial charge in [0.2, 0.25) is 0 Å². The van der Waals surface area contributed by atoms with Gasteiger partial charge in [0.05, 0.1) is 11.0 Å². The molecule has 1 aromatic heterocycles. The second kappa shape index (κ2) is 3.80. The number of benzene rings is 2. The van der Waals surface area contributed by atoms with Crippen molar-refractivity contribution in [1.29, 1.82) is 0 Å². The number of nitrogens with one attached hydrogen (secondary N) is 1. The number of H-pyrrole nitrogens is 1. The van der Waals surface area contributed by atoms with E-state index in [4.69, 9.17) is 5.73 Å². The number of imidazole rings is 1. The monoisotopic (exact) mass is 245 g/mol. The molecule has 0 saturated heterocycles. The second-order valence-electron chi connectivity index (χ2n) is 3.96. The molecule has 0 saturated carbocycles. The number of halogens is 2. The van der Waals surface area contributed by atoms with Gasteiger partial charge < -0.3 is 10.7 Å². The molecular formula is C13H9F2N3. The average Bonchev–Trinajstić information content (AvgIpc) is 2.73. The van der Waals surface area contributed by atoms with Crippen LogP contribution in [-0.4, -0.2) is 9.97 Å². The summed E-state index contributed by atoms with van der Waals surface area (Å²) in [5.41, 5.74) is 7.89. The molecule has 3 N–H and O–H groups in total. The average molecular weight is 245 g/mol. The molecule has 0 aliphatic heterocycles. The predicted octanol–water partition coefficient (Wildman–Crippen LogP) is 3.09. The largest absolute Gasteiger partial charge is 0.398 e. The molecule has 0 aliphatic rings. The van der Waals surface area contributed by atoms with Crippen LogP contribution in [0.15, 0.2) is 36.4 Å². The van der Waals surface area contributed by atoms with Gasteiger partial charge in [0, 0.05) is 23.4 Å². The number of rotatable bonds is 1. The molecule has 0 atom stereocenters. The number of aromatic nitrogens is 2. The molecule has 1 heterocycles. The Hall–Kier alpha value is -2.43. The van der Waals surface area contributed by atoms with Crippen LogP contribution in [0.25, 0.3) is 22.4 Å². The highest BCUT2D eigenvalue weighted by atomic mass is 19.2. The Morgan fingerprint density at radius 1 is 1.06 bits per heavy atom. The summed E-state index contributed by atoms with van der Waals surface area (Å²) in [5.74, 6) is -1.33. The Bertz CT molecular complexity index is 695. The number of nitrogens with zero attached hydrogens (tertiary/aromatic N) is 1. The van der Waals surface area contributed by atoms with Crippen LogP contribution >= 0.6 is 0 Å². The summed E-state index contributed by atoms with van der Waals surface area (Å²) in [6, 6.07) is 9.30. The van der Waals surface area contributed by atoms with E-state index < -0.39 is 11.6 Å². The summed E-state index contributed by atoms with van der Waals surface area (Å²) in [6.07, 6.45) is 0. The number of para-hydroxylation sites is 1. The van der Waals surface area contributed by atoms with E-state index in [1.54, 1.807) is 18.2 Å². The van der Waals surface area contributed by atoms with Crippen molar-refractivity contribution in [3.63, 3.8) is 0 Å². The molecule has 0 radical (unpaired) electrons. The van der Waals surface area contributed by atoms with Gasteiger partial charge in [-0.25, -0.2) is 13.8 Å². The fourth-order valence-electron chi connectivity index (χ4n) is 1.85. The summed E-state index contributed by atoms with van der Waals surface area (Å²) in [5, 5.41) is 0. The number of nitrogen functional groups attached to an aromatic ring is 1. The SMILES string of the molecule is Nc1ccccc1-c1nc2cc(F)c(F)cc2[nH]1. The van der Waals surface area contributed by atoms with Gasteiger partial charge in [-0.2, -0.15) is 0 Å². The van der Waals surface area contributed by atoms with Gasteiger partial charge in [-0.3, -0.25) is 0 Å². The Balaban J connectivity index is 2.23. The van der Waals surface area contributed by atoms with Gasteiger partial charge >= 0.3 is 0 Å². The number of aromatic amines is 1. The molecule has 5 heteroatoms. The van der Waals surface area contributed by atoms with Crippen LogP contribution in [-0.2, 0) is 0 Å². The Morgan fingerprint density at radius 2 is 1.78 bits per heavy atom. The van der Waals surface area contributed by atoms with Gasteiger partial charge in [0.1, 0.15) is 5.82 Å². The highest BCUT2D eigenvalue weighted by Gasteiger charge is 2.11. The first-order chi connectivity index (χ1) is 8.65. The van der Waals surface area contributed by atoms with Crippen molar-refractivity contribution in [3.8, 4) is 11.4 Å². The van der Waals surface area contributed by atoms with Crippen molar-refractivity contribution in [2.75, 3.05) is 5.73 Å².